The first-order valence-electron chi connectivity index (χ1n) is 8.84. The van der Waals surface area contributed by atoms with E-state index in [-0.39, 0.29) is 16.9 Å². The highest BCUT2D eigenvalue weighted by atomic mass is 19.2. The van der Waals surface area contributed by atoms with Crippen molar-refractivity contribution in [3.05, 3.63) is 95.3 Å². The molecule has 0 saturated heterocycles. The maximum absolute atomic E-state index is 14.3. The molecule has 0 aliphatic rings. The van der Waals surface area contributed by atoms with Gasteiger partial charge in [-0.05, 0) is 30.2 Å². The molecule has 0 N–H and O–H groups in total. The zero-order valence-electron chi connectivity index (χ0n) is 15.4. The minimum absolute atomic E-state index is 0.122. The summed E-state index contributed by atoms with van der Waals surface area (Å²) in [5.74, 6) is -1.71. The molecule has 0 spiro atoms. The van der Waals surface area contributed by atoms with E-state index in [2.05, 4.69) is 6.58 Å². The second kappa shape index (κ2) is 8.61. The summed E-state index contributed by atoms with van der Waals surface area (Å²) in [4.78, 5) is 0. The third-order valence-corrected chi connectivity index (χ3v) is 4.29. The van der Waals surface area contributed by atoms with Gasteiger partial charge in [0.1, 0.15) is 11.6 Å². The third-order valence-electron chi connectivity index (χ3n) is 4.29. The maximum atomic E-state index is 14.3. The Kier molecular flexibility index (Phi) is 5.99. The summed E-state index contributed by atoms with van der Waals surface area (Å²) in [6.07, 6.45) is 4.44. The average molecular weight is 380 g/mol. The summed E-state index contributed by atoms with van der Waals surface area (Å²) in [5.41, 5.74) is 2.22. The first-order valence-corrected chi connectivity index (χ1v) is 8.84. The van der Waals surface area contributed by atoms with Crippen LogP contribution in [0.3, 0.4) is 0 Å². The van der Waals surface area contributed by atoms with Gasteiger partial charge in [0.05, 0.1) is 6.61 Å². The van der Waals surface area contributed by atoms with Gasteiger partial charge in [-0.15, -0.1) is 0 Å². The lowest BCUT2D eigenvalue weighted by molar-refractivity contribution is 0.338. The number of hydrogen-bond donors (Lipinski definition) is 0. The Balaban J connectivity index is 1.81. The highest BCUT2D eigenvalue weighted by molar-refractivity contribution is 5.73. The van der Waals surface area contributed by atoms with Gasteiger partial charge in [-0.25, -0.2) is 13.2 Å². The number of benzene rings is 3. The average Bonchev–Trinajstić information content (AvgIpc) is 2.70. The molecule has 0 heterocycles. The number of halogens is 3. The van der Waals surface area contributed by atoms with Crippen LogP contribution >= 0.6 is 0 Å². The largest absolute Gasteiger partial charge is 0.494 e. The van der Waals surface area contributed by atoms with Crippen LogP contribution in [0.4, 0.5) is 13.2 Å². The van der Waals surface area contributed by atoms with Crippen molar-refractivity contribution in [2.45, 2.75) is 6.92 Å². The van der Waals surface area contributed by atoms with E-state index in [0.717, 1.165) is 5.56 Å². The minimum Gasteiger partial charge on any atom is -0.494 e. The van der Waals surface area contributed by atoms with E-state index < -0.39 is 11.6 Å². The quantitative estimate of drug-likeness (QED) is 0.419. The van der Waals surface area contributed by atoms with E-state index in [1.54, 1.807) is 42.5 Å². The van der Waals surface area contributed by atoms with Gasteiger partial charge >= 0.3 is 0 Å². The Morgan fingerprint density at radius 3 is 2.18 bits per heavy atom. The minimum atomic E-state index is -0.918. The van der Waals surface area contributed by atoms with Gasteiger partial charge in [0.15, 0.2) is 11.6 Å². The molecule has 0 saturated carbocycles. The molecule has 0 atom stereocenters. The van der Waals surface area contributed by atoms with Crippen molar-refractivity contribution in [3.8, 4) is 16.9 Å². The monoisotopic (exact) mass is 380 g/mol. The summed E-state index contributed by atoms with van der Waals surface area (Å²) < 4.78 is 47.4. The summed E-state index contributed by atoms with van der Waals surface area (Å²) >= 11 is 0. The molecule has 0 aliphatic heterocycles. The van der Waals surface area contributed by atoms with Gasteiger partial charge in [-0.1, -0.05) is 61.2 Å². The molecule has 1 nitrogen and oxygen atoms in total. The fraction of sp³-hybridized carbons (Fsp3) is 0.0833. The van der Waals surface area contributed by atoms with Gasteiger partial charge in [0.25, 0.3) is 0 Å². The lowest BCUT2D eigenvalue weighted by Gasteiger charge is -2.07. The number of hydrogen-bond acceptors (Lipinski definition) is 1. The lowest BCUT2D eigenvalue weighted by Crippen LogP contribution is -1.93. The molecule has 3 aromatic rings. The number of ether oxygens (including phenoxy) is 1. The molecule has 3 aromatic carbocycles. The Bertz CT molecular complexity index is 1020. The van der Waals surface area contributed by atoms with E-state index in [1.165, 1.54) is 30.4 Å². The predicted octanol–water partition coefficient (Wildman–Crippen LogP) is 6.98. The van der Waals surface area contributed by atoms with Crippen LogP contribution in [0.2, 0.25) is 0 Å². The zero-order valence-corrected chi connectivity index (χ0v) is 15.4. The molecule has 0 aliphatic carbocycles. The third kappa shape index (κ3) is 4.17. The molecule has 0 unspecified atom stereocenters. The van der Waals surface area contributed by atoms with Gasteiger partial charge < -0.3 is 4.74 Å². The Hall–Kier alpha value is -3.27. The van der Waals surface area contributed by atoms with Crippen molar-refractivity contribution in [3.63, 3.8) is 0 Å². The molecule has 142 valence electrons. The summed E-state index contributed by atoms with van der Waals surface area (Å²) in [5, 5.41) is 0. The summed E-state index contributed by atoms with van der Waals surface area (Å²) in [6, 6.07) is 14.8. The molecule has 0 aromatic heterocycles. The molecule has 0 amide bonds. The molecule has 0 radical (unpaired) electrons. The smallest absolute Gasteiger partial charge is 0.166 e. The normalized spacial score (nSPS) is 11.0. The van der Waals surface area contributed by atoms with E-state index in [1.807, 2.05) is 6.92 Å². The molecule has 0 bridgehead atoms. The SMILES string of the molecule is C=Cc1ccc(/C=C/c2ccc(-c3ccc(OCC)cc3F)cc2)c(F)c1F. The Morgan fingerprint density at radius 1 is 0.857 bits per heavy atom. The van der Waals surface area contributed by atoms with Crippen molar-refractivity contribution in [2.75, 3.05) is 6.61 Å². The lowest BCUT2D eigenvalue weighted by atomic mass is 10.0. The Labute approximate surface area is 162 Å². The molecule has 0 fully saturated rings. The van der Waals surface area contributed by atoms with Gasteiger partial charge in [0.2, 0.25) is 0 Å². The molecular weight excluding hydrogens is 361 g/mol. The number of rotatable bonds is 6. The molecule has 3 rings (SSSR count). The second-order valence-electron chi connectivity index (χ2n) is 6.11. The molecule has 4 heteroatoms. The standard InChI is InChI=1S/C24H19F3O/c1-3-17-11-12-19(24(27)23(17)26)10-7-16-5-8-18(9-6-16)21-14-13-20(28-4-2)15-22(21)25/h3,5-15H,1,4H2,2H3/b10-7+. The van der Waals surface area contributed by atoms with Crippen LogP contribution in [0.15, 0.2) is 61.2 Å². The van der Waals surface area contributed by atoms with Crippen molar-refractivity contribution in [1.82, 2.24) is 0 Å². The van der Waals surface area contributed by atoms with Crippen LogP contribution in [0.1, 0.15) is 23.6 Å². The Morgan fingerprint density at radius 2 is 1.54 bits per heavy atom. The van der Waals surface area contributed by atoms with Crippen LogP contribution in [0.5, 0.6) is 5.75 Å². The van der Waals surface area contributed by atoms with Crippen molar-refractivity contribution in [1.29, 1.82) is 0 Å². The highest BCUT2D eigenvalue weighted by Crippen LogP contribution is 2.27. The maximum Gasteiger partial charge on any atom is 0.166 e. The summed E-state index contributed by atoms with van der Waals surface area (Å²) in [7, 11) is 0. The van der Waals surface area contributed by atoms with Crippen LogP contribution in [0.25, 0.3) is 29.4 Å². The second-order valence-corrected chi connectivity index (χ2v) is 6.11. The van der Waals surface area contributed by atoms with Gasteiger partial charge in [-0.3, -0.25) is 0 Å². The van der Waals surface area contributed by atoms with Crippen molar-refractivity contribution in [2.24, 2.45) is 0 Å². The predicted molar refractivity (Wildman–Crippen MR) is 108 cm³/mol. The zero-order chi connectivity index (χ0) is 20.1. The first kappa shape index (κ1) is 19.5. The van der Waals surface area contributed by atoms with E-state index in [4.69, 9.17) is 4.74 Å². The van der Waals surface area contributed by atoms with Crippen LogP contribution < -0.4 is 4.74 Å². The topological polar surface area (TPSA) is 9.23 Å². The van der Waals surface area contributed by atoms with Gasteiger partial charge in [-0.2, -0.15) is 0 Å². The molecule has 28 heavy (non-hydrogen) atoms. The van der Waals surface area contributed by atoms with E-state index >= 15 is 0 Å². The fourth-order valence-electron chi connectivity index (χ4n) is 2.81. The van der Waals surface area contributed by atoms with Crippen LogP contribution in [-0.4, -0.2) is 6.61 Å². The fourth-order valence-corrected chi connectivity index (χ4v) is 2.81. The van der Waals surface area contributed by atoms with E-state index in [9.17, 15) is 13.2 Å². The van der Waals surface area contributed by atoms with Crippen molar-refractivity contribution >= 4 is 18.2 Å². The van der Waals surface area contributed by atoms with E-state index in [0.29, 0.717) is 23.5 Å². The molecular formula is C24H19F3O. The van der Waals surface area contributed by atoms with Crippen LogP contribution in [0, 0.1) is 17.5 Å². The first-order chi connectivity index (χ1) is 13.5. The van der Waals surface area contributed by atoms with Gasteiger partial charge in [0, 0.05) is 22.8 Å². The summed E-state index contributed by atoms with van der Waals surface area (Å²) in [6.45, 7) is 5.76. The van der Waals surface area contributed by atoms with Crippen molar-refractivity contribution < 1.29 is 17.9 Å². The highest BCUT2D eigenvalue weighted by Gasteiger charge is 2.10. The van der Waals surface area contributed by atoms with Crippen LogP contribution in [-0.2, 0) is 0 Å².